The lowest BCUT2D eigenvalue weighted by molar-refractivity contribution is -0.133. The zero-order valence-electron chi connectivity index (χ0n) is 15.0. The molecule has 0 radical (unpaired) electrons. The molecule has 1 N–H and O–H groups in total. The number of fused-ring (bicyclic) bond motifs is 1. The molecule has 0 amide bonds. The van der Waals surface area contributed by atoms with Crippen LogP contribution in [0.2, 0.25) is 0 Å². The van der Waals surface area contributed by atoms with Gasteiger partial charge in [0.1, 0.15) is 5.76 Å². The fourth-order valence-electron chi connectivity index (χ4n) is 2.48. The van der Waals surface area contributed by atoms with E-state index < -0.39 is 5.97 Å². The topological polar surface area (TPSA) is 91.0 Å². The number of ether oxygens (including phenoxy) is 3. The van der Waals surface area contributed by atoms with Gasteiger partial charge in [-0.1, -0.05) is 12.2 Å². The molecule has 1 aromatic heterocycles. The number of benzene rings is 1. The average Bonchev–Trinajstić information content (AvgIpc) is 3.26. The van der Waals surface area contributed by atoms with Crippen LogP contribution in [0.5, 0.6) is 11.5 Å². The van der Waals surface area contributed by atoms with Crippen molar-refractivity contribution >= 4 is 17.7 Å². The highest BCUT2D eigenvalue weighted by Gasteiger charge is 2.17. The number of rotatable bonds is 10. The Bertz CT molecular complexity index is 817. The maximum atomic E-state index is 10.4. The number of thioether (sulfide) groups is 1. The van der Waals surface area contributed by atoms with Crippen LogP contribution in [0.4, 0.5) is 0 Å². The van der Waals surface area contributed by atoms with Gasteiger partial charge in [0.2, 0.25) is 12.7 Å². The van der Waals surface area contributed by atoms with Crippen LogP contribution in [0.1, 0.15) is 11.5 Å². The summed E-state index contributed by atoms with van der Waals surface area (Å²) in [6.07, 6.45) is 4.46. The van der Waals surface area contributed by atoms with Gasteiger partial charge in [-0.25, -0.2) is 4.98 Å². The number of aliphatic carboxylic acids is 1. The van der Waals surface area contributed by atoms with Gasteiger partial charge in [0, 0.05) is 17.7 Å². The van der Waals surface area contributed by atoms with Crippen molar-refractivity contribution in [3.05, 3.63) is 41.8 Å². The molecule has 3 rings (SSSR count). The van der Waals surface area contributed by atoms with E-state index in [-0.39, 0.29) is 12.5 Å². The van der Waals surface area contributed by atoms with Crippen LogP contribution in [0, 0.1) is 6.92 Å². The van der Waals surface area contributed by atoms with Gasteiger partial charge in [-0.2, -0.15) is 0 Å². The number of hydrogen-bond donors (Lipinski definition) is 1. The molecular formula is C19H21NO6S. The van der Waals surface area contributed by atoms with E-state index in [0.29, 0.717) is 37.0 Å². The minimum absolute atomic E-state index is 0.113. The number of hydrogen-bond acceptors (Lipinski definition) is 7. The largest absolute Gasteiger partial charge is 0.481 e. The van der Waals surface area contributed by atoms with Crippen molar-refractivity contribution in [1.82, 2.24) is 4.98 Å². The Labute approximate surface area is 161 Å². The molecule has 0 bridgehead atoms. The first-order chi connectivity index (χ1) is 13.1. The summed E-state index contributed by atoms with van der Waals surface area (Å²) in [6, 6.07) is 5.61. The fraction of sp³-hybridized carbons (Fsp3) is 0.368. The molecule has 1 aliphatic heterocycles. The Hall–Kier alpha value is -2.45. The van der Waals surface area contributed by atoms with Crippen LogP contribution in [0.15, 0.2) is 34.8 Å². The Morgan fingerprint density at radius 1 is 1.33 bits per heavy atom. The Balaban J connectivity index is 1.44. The number of carboxylic acids is 1. The van der Waals surface area contributed by atoms with Crippen molar-refractivity contribution in [3.63, 3.8) is 0 Å². The normalized spacial score (nSPS) is 12.8. The number of aromatic nitrogens is 1. The van der Waals surface area contributed by atoms with Gasteiger partial charge in [0.25, 0.3) is 0 Å². The molecule has 2 heterocycles. The molecule has 0 atom stereocenters. The van der Waals surface area contributed by atoms with E-state index in [4.69, 9.17) is 23.7 Å². The van der Waals surface area contributed by atoms with Gasteiger partial charge in [0.15, 0.2) is 11.5 Å². The highest BCUT2D eigenvalue weighted by Crippen LogP contribution is 2.36. The van der Waals surface area contributed by atoms with Gasteiger partial charge in [-0.15, -0.1) is 11.8 Å². The van der Waals surface area contributed by atoms with Crippen LogP contribution in [0.3, 0.4) is 0 Å². The van der Waals surface area contributed by atoms with Crippen molar-refractivity contribution < 1.29 is 28.5 Å². The lowest BCUT2D eigenvalue weighted by Crippen LogP contribution is -2.00. The van der Waals surface area contributed by atoms with E-state index in [2.05, 4.69) is 4.98 Å². The third-order valence-corrected chi connectivity index (χ3v) is 4.69. The predicted octanol–water partition coefficient (Wildman–Crippen LogP) is 3.31. The summed E-state index contributed by atoms with van der Waals surface area (Å²) in [4.78, 5) is 14.9. The molecule has 0 saturated heterocycles. The summed E-state index contributed by atoms with van der Waals surface area (Å²) in [7, 11) is 0. The van der Waals surface area contributed by atoms with Gasteiger partial charge in [0.05, 0.1) is 24.7 Å². The summed E-state index contributed by atoms with van der Waals surface area (Å²) in [5.41, 5.74) is 1.71. The molecule has 1 aliphatic rings. The molecule has 8 heteroatoms. The monoisotopic (exact) mass is 391 g/mol. The van der Waals surface area contributed by atoms with E-state index in [1.807, 2.05) is 37.3 Å². The van der Waals surface area contributed by atoms with Crippen molar-refractivity contribution in [1.29, 1.82) is 0 Å². The summed E-state index contributed by atoms with van der Waals surface area (Å²) in [6.45, 7) is 3.14. The third kappa shape index (κ3) is 5.51. The SMILES string of the molecule is Cc1oc(-c2ccc3c(c2)OCO3)nc1CCOC/C=C/CSCC(=O)O. The molecule has 27 heavy (non-hydrogen) atoms. The summed E-state index contributed by atoms with van der Waals surface area (Å²) in [5, 5.41) is 8.54. The van der Waals surface area contributed by atoms with Crippen LogP contribution < -0.4 is 9.47 Å². The minimum atomic E-state index is -0.798. The lowest BCUT2D eigenvalue weighted by atomic mass is 10.2. The van der Waals surface area contributed by atoms with E-state index in [9.17, 15) is 4.79 Å². The van der Waals surface area contributed by atoms with Crippen LogP contribution in [-0.2, 0) is 16.0 Å². The lowest BCUT2D eigenvalue weighted by Gasteiger charge is -1.99. The van der Waals surface area contributed by atoms with Gasteiger partial charge < -0.3 is 23.7 Å². The smallest absolute Gasteiger partial charge is 0.313 e. The molecule has 0 spiro atoms. The summed E-state index contributed by atoms with van der Waals surface area (Å²) >= 11 is 1.35. The van der Waals surface area contributed by atoms with Crippen LogP contribution in [-0.4, -0.2) is 47.6 Å². The fourth-order valence-corrected chi connectivity index (χ4v) is 3.05. The average molecular weight is 391 g/mol. The van der Waals surface area contributed by atoms with E-state index >= 15 is 0 Å². The number of carbonyl (C=O) groups is 1. The first-order valence-electron chi connectivity index (χ1n) is 8.52. The second kappa shape index (κ2) is 9.48. The molecule has 0 unspecified atom stereocenters. The van der Waals surface area contributed by atoms with Gasteiger partial charge in [-0.3, -0.25) is 4.79 Å². The predicted molar refractivity (Wildman–Crippen MR) is 101 cm³/mol. The van der Waals surface area contributed by atoms with Crippen molar-refractivity contribution in [2.24, 2.45) is 0 Å². The Kier molecular flexibility index (Phi) is 6.78. The molecule has 1 aromatic carbocycles. The quantitative estimate of drug-likeness (QED) is 0.487. The highest BCUT2D eigenvalue weighted by molar-refractivity contribution is 8.00. The van der Waals surface area contributed by atoms with E-state index in [0.717, 1.165) is 22.8 Å². The maximum absolute atomic E-state index is 10.4. The zero-order valence-corrected chi connectivity index (χ0v) is 15.8. The molecule has 2 aromatic rings. The Morgan fingerprint density at radius 3 is 3.04 bits per heavy atom. The molecule has 7 nitrogen and oxygen atoms in total. The highest BCUT2D eigenvalue weighted by atomic mass is 32.2. The Morgan fingerprint density at radius 2 is 2.19 bits per heavy atom. The van der Waals surface area contributed by atoms with Gasteiger partial charge >= 0.3 is 5.97 Å². The number of carboxylic acid groups (broad SMARTS) is 1. The van der Waals surface area contributed by atoms with E-state index in [1.165, 1.54) is 11.8 Å². The molecule has 0 fully saturated rings. The molecular weight excluding hydrogens is 370 g/mol. The van der Waals surface area contributed by atoms with Crippen molar-refractivity contribution in [2.75, 3.05) is 31.5 Å². The number of aryl methyl sites for hydroxylation is 1. The third-order valence-electron chi connectivity index (χ3n) is 3.82. The summed E-state index contributed by atoms with van der Waals surface area (Å²) in [5.74, 6) is 2.72. The van der Waals surface area contributed by atoms with Crippen molar-refractivity contribution in [2.45, 2.75) is 13.3 Å². The van der Waals surface area contributed by atoms with Crippen molar-refractivity contribution in [3.8, 4) is 23.0 Å². The second-order valence-corrected chi connectivity index (χ2v) is 6.83. The maximum Gasteiger partial charge on any atom is 0.313 e. The molecule has 0 saturated carbocycles. The van der Waals surface area contributed by atoms with Crippen LogP contribution >= 0.6 is 11.8 Å². The first-order valence-corrected chi connectivity index (χ1v) is 9.67. The standard InChI is InChI=1S/C19H21NO6S/c1-13-15(6-8-23-7-2-3-9-27-11-18(21)22)20-19(26-13)14-4-5-16-17(10-14)25-12-24-16/h2-5,10H,6-9,11-12H2,1H3,(H,21,22)/b3-2+. The van der Waals surface area contributed by atoms with E-state index in [1.54, 1.807) is 0 Å². The molecule has 144 valence electrons. The van der Waals surface area contributed by atoms with Gasteiger partial charge in [-0.05, 0) is 25.1 Å². The first kappa shape index (κ1) is 19.3. The van der Waals surface area contributed by atoms with Crippen LogP contribution in [0.25, 0.3) is 11.5 Å². The second-order valence-electron chi connectivity index (χ2n) is 5.80. The number of nitrogens with zero attached hydrogens (tertiary/aromatic N) is 1. The number of oxazole rings is 1. The molecule has 0 aliphatic carbocycles. The summed E-state index contributed by atoms with van der Waals surface area (Å²) < 4.78 is 22.0. The minimum Gasteiger partial charge on any atom is -0.481 e. The zero-order chi connectivity index (χ0) is 19.1.